The van der Waals surface area contributed by atoms with E-state index in [0.717, 1.165) is 51.5 Å². The molecule has 4 atom stereocenters. The molecular formula is C22H32N4O3. The summed E-state index contributed by atoms with van der Waals surface area (Å²) in [6.45, 7) is 1.53. The zero-order valence-electron chi connectivity index (χ0n) is 17.4. The molecule has 0 aromatic carbocycles. The van der Waals surface area contributed by atoms with Crippen LogP contribution in [-0.4, -0.2) is 65.2 Å². The molecule has 1 spiro atoms. The predicted molar refractivity (Wildman–Crippen MR) is 107 cm³/mol. The van der Waals surface area contributed by atoms with Crippen molar-refractivity contribution in [3.05, 3.63) is 0 Å². The molecule has 2 saturated heterocycles. The van der Waals surface area contributed by atoms with E-state index >= 15 is 0 Å². The fourth-order valence-corrected chi connectivity index (χ4v) is 5.56. The molecule has 2 saturated carbocycles. The highest BCUT2D eigenvalue weighted by Crippen LogP contribution is 2.41. The molecule has 4 aliphatic rings. The topological polar surface area (TPSA) is 93.5 Å². The molecule has 158 valence electrons. The Hall–Kier alpha value is -1.94. The average Bonchev–Trinajstić information content (AvgIpc) is 3.19. The maximum atomic E-state index is 13.4. The summed E-state index contributed by atoms with van der Waals surface area (Å²) in [5.41, 5.74) is -0.438. The van der Waals surface area contributed by atoms with Crippen LogP contribution in [0.3, 0.4) is 0 Å². The minimum atomic E-state index is -0.669. The minimum absolute atomic E-state index is 0.0813. The third-order valence-electron chi connectivity index (χ3n) is 7.60. The Kier molecular flexibility index (Phi) is 5.65. The van der Waals surface area contributed by atoms with Crippen molar-refractivity contribution in [3.63, 3.8) is 0 Å². The number of Topliss-reactive ketones (excluding diaryl/α,β-unsaturated/α-hetero) is 1. The minimum Gasteiger partial charge on any atom is -0.339 e. The number of ketones is 1. The van der Waals surface area contributed by atoms with Gasteiger partial charge in [-0.25, -0.2) is 0 Å². The Morgan fingerprint density at radius 1 is 1.21 bits per heavy atom. The number of likely N-dealkylation sites (tertiary alicyclic amines) is 2. The smallest absolute Gasteiger partial charge is 0.243 e. The summed E-state index contributed by atoms with van der Waals surface area (Å²) in [7, 11) is 2.01. The van der Waals surface area contributed by atoms with E-state index in [-0.39, 0.29) is 23.5 Å². The predicted octanol–water partition coefficient (Wildman–Crippen LogP) is 1.62. The molecule has 0 radical (unpaired) electrons. The lowest BCUT2D eigenvalue weighted by atomic mass is 9.94. The highest BCUT2D eigenvalue weighted by atomic mass is 16.2. The van der Waals surface area contributed by atoms with Crippen molar-refractivity contribution in [2.75, 3.05) is 20.1 Å². The van der Waals surface area contributed by atoms with Crippen molar-refractivity contribution in [1.82, 2.24) is 15.1 Å². The van der Waals surface area contributed by atoms with Gasteiger partial charge in [-0.1, -0.05) is 12.8 Å². The Bertz CT molecular complexity index is 728. The summed E-state index contributed by atoms with van der Waals surface area (Å²) < 4.78 is 0. The molecule has 4 rings (SSSR count). The fraction of sp³-hybridized carbons (Fsp3) is 0.818. The number of rotatable bonds is 7. The van der Waals surface area contributed by atoms with E-state index < -0.39 is 17.6 Å². The summed E-state index contributed by atoms with van der Waals surface area (Å²) in [4.78, 5) is 42.4. The van der Waals surface area contributed by atoms with Gasteiger partial charge in [0.15, 0.2) is 0 Å². The molecule has 2 aliphatic heterocycles. The highest BCUT2D eigenvalue weighted by Gasteiger charge is 2.54. The van der Waals surface area contributed by atoms with Crippen LogP contribution < -0.4 is 5.32 Å². The van der Waals surface area contributed by atoms with Crippen molar-refractivity contribution < 1.29 is 14.4 Å². The third kappa shape index (κ3) is 3.92. The first-order valence-corrected chi connectivity index (χ1v) is 11.2. The molecule has 29 heavy (non-hydrogen) atoms. The Labute approximate surface area is 172 Å². The second-order valence-electron chi connectivity index (χ2n) is 9.48. The Balaban J connectivity index is 1.45. The molecule has 0 aromatic rings. The summed E-state index contributed by atoms with van der Waals surface area (Å²) in [5.74, 6) is 0.437. The molecule has 1 N–H and O–H groups in total. The lowest BCUT2D eigenvalue weighted by molar-refractivity contribution is -0.143. The van der Waals surface area contributed by atoms with Crippen LogP contribution in [0.5, 0.6) is 0 Å². The van der Waals surface area contributed by atoms with E-state index in [1.54, 1.807) is 4.90 Å². The van der Waals surface area contributed by atoms with Crippen LogP contribution in [-0.2, 0) is 14.4 Å². The van der Waals surface area contributed by atoms with Crippen molar-refractivity contribution >= 4 is 17.6 Å². The number of hydrogen-bond acceptors (Lipinski definition) is 5. The summed E-state index contributed by atoms with van der Waals surface area (Å²) in [5, 5.41) is 12.4. The Morgan fingerprint density at radius 2 is 2.00 bits per heavy atom. The quantitative estimate of drug-likeness (QED) is 0.701. The molecule has 4 fully saturated rings. The number of likely N-dealkylation sites (N-methyl/N-ethyl adjacent to an activating group) is 1. The monoisotopic (exact) mass is 400 g/mol. The van der Waals surface area contributed by atoms with E-state index in [0.29, 0.717) is 31.7 Å². The largest absolute Gasteiger partial charge is 0.339 e. The SMILES string of the molecule is CN1CCCC12CCN(C(CC1CC1)C(=O)N[C@H](C#N)C[C@@H]1CCCC1=O)C2=O. The van der Waals surface area contributed by atoms with Gasteiger partial charge in [-0.2, -0.15) is 5.26 Å². The van der Waals surface area contributed by atoms with E-state index in [1.807, 2.05) is 7.05 Å². The first-order valence-electron chi connectivity index (χ1n) is 11.2. The molecule has 2 aliphatic carbocycles. The maximum absolute atomic E-state index is 13.4. The van der Waals surface area contributed by atoms with Crippen molar-refractivity contribution in [2.45, 2.75) is 81.8 Å². The number of nitrogens with one attached hydrogen (secondary N) is 1. The molecule has 0 bridgehead atoms. The number of carbonyl (C=O) groups excluding carboxylic acids is 3. The lowest BCUT2D eigenvalue weighted by Gasteiger charge is -2.33. The van der Waals surface area contributed by atoms with Crippen LogP contribution in [0, 0.1) is 23.2 Å². The zero-order valence-corrected chi connectivity index (χ0v) is 17.4. The first kappa shape index (κ1) is 20.3. The van der Waals surface area contributed by atoms with Crippen LogP contribution in [0.2, 0.25) is 0 Å². The summed E-state index contributed by atoms with van der Waals surface area (Å²) in [6, 6.07) is 0.995. The zero-order chi connectivity index (χ0) is 20.6. The van der Waals surface area contributed by atoms with E-state index in [4.69, 9.17) is 0 Å². The van der Waals surface area contributed by atoms with Crippen molar-refractivity contribution in [1.29, 1.82) is 5.26 Å². The van der Waals surface area contributed by atoms with Gasteiger partial charge in [-0.3, -0.25) is 19.3 Å². The van der Waals surface area contributed by atoms with Gasteiger partial charge in [-0.15, -0.1) is 0 Å². The van der Waals surface area contributed by atoms with Gasteiger partial charge in [-0.05, 0) is 64.5 Å². The molecule has 0 aromatic heterocycles. The highest BCUT2D eigenvalue weighted by molar-refractivity contribution is 5.94. The van der Waals surface area contributed by atoms with Crippen molar-refractivity contribution in [3.8, 4) is 6.07 Å². The molecule has 2 amide bonds. The molecule has 7 heteroatoms. The lowest BCUT2D eigenvalue weighted by Crippen LogP contribution is -2.55. The first-order chi connectivity index (χ1) is 13.9. The molecular weight excluding hydrogens is 368 g/mol. The van der Waals surface area contributed by atoms with Gasteiger partial charge in [0.25, 0.3) is 0 Å². The maximum Gasteiger partial charge on any atom is 0.243 e. The summed E-state index contributed by atoms with van der Waals surface area (Å²) in [6.07, 6.45) is 8.19. The normalized spacial score (nSPS) is 32.0. The van der Waals surface area contributed by atoms with Crippen LogP contribution in [0.15, 0.2) is 0 Å². The van der Waals surface area contributed by atoms with E-state index in [9.17, 15) is 19.6 Å². The van der Waals surface area contributed by atoms with Crippen LogP contribution >= 0.6 is 0 Å². The number of nitriles is 1. The van der Waals surface area contributed by atoms with E-state index in [2.05, 4.69) is 16.3 Å². The average molecular weight is 401 g/mol. The van der Waals surface area contributed by atoms with Crippen molar-refractivity contribution in [2.24, 2.45) is 11.8 Å². The van der Waals surface area contributed by atoms with Crippen LogP contribution in [0.25, 0.3) is 0 Å². The number of carbonyl (C=O) groups is 3. The number of nitrogens with zero attached hydrogens (tertiary/aromatic N) is 3. The number of amides is 2. The fourth-order valence-electron chi connectivity index (χ4n) is 5.56. The Morgan fingerprint density at radius 3 is 2.59 bits per heavy atom. The van der Waals surface area contributed by atoms with Gasteiger partial charge < -0.3 is 10.2 Å². The van der Waals surface area contributed by atoms with Gasteiger partial charge in [0.05, 0.1) is 6.07 Å². The van der Waals surface area contributed by atoms with Crippen LogP contribution in [0.4, 0.5) is 0 Å². The number of hydrogen-bond donors (Lipinski definition) is 1. The van der Waals surface area contributed by atoms with Gasteiger partial charge >= 0.3 is 0 Å². The standard InChI is InChI=1S/C22H32N4O3/c1-25-10-3-8-22(25)9-11-26(21(22)29)18(12-15-6-7-15)20(28)24-17(14-23)13-16-4-2-5-19(16)27/h15-18H,2-13H2,1H3,(H,24,28)/t16-,17-,18?,22?/m0/s1. The van der Waals surface area contributed by atoms with Gasteiger partial charge in [0, 0.05) is 18.9 Å². The van der Waals surface area contributed by atoms with Crippen LogP contribution in [0.1, 0.15) is 64.2 Å². The second-order valence-corrected chi connectivity index (χ2v) is 9.48. The second kappa shape index (κ2) is 8.06. The van der Waals surface area contributed by atoms with Gasteiger partial charge in [0.2, 0.25) is 11.8 Å². The van der Waals surface area contributed by atoms with Gasteiger partial charge in [0.1, 0.15) is 23.4 Å². The third-order valence-corrected chi connectivity index (χ3v) is 7.60. The molecule has 7 nitrogen and oxygen atoms in total. The molecule has 2 heterocycles. The molecule has 2 unspecified atom stereocenters. The van der Waals surface area contributed by atoms with E-state index in [1.165, 1.54) is 0 Å². The summed E-state index contributed by atoms with van der Waals surface area (Å²) >= 11 is 0.